The first kappa shape index (κ1) is 10.9. The molecule has 1 rings (SSSR count). The second kappa shape index (κ2) is 6.30. The highest BCUT2D eigenvalue weighted by atomic mass is 16.5. The monoisotopic (exact) mass is 193 g/mol. The maximum atomic E-state index is 5.48. The van der Waals surface area contributed by atoms with Crippen LogP contribution in [0.25, 0.3) is 0 Å². The van der Waals surface area contributed by atoms with Crippen LogP contribution in [0.3, 0.4) is 0 Å². The fraction of sp³-hybridized carbons (Fsp3) is 0.417. The molecule has 0 heterocycles. The van der Waals surface area contributed by atoms with E-state index in [4.69, 9.17) is 9.47 Å². The van der Waals surface area contributed by atoms with Crippen LogP contribution in [-0.2, 0) is 0 Å². The average Bonchev–Trinajstić information content (AvgIpc) is 2.21. The van der Waals surface area contributed by atoms with Crippen LogP contribution in [0.15, 0.2) is 24.3 Å². The fourth-order valence-electron chi connectivity index (χ4n) is 1.09. The Morgan fingerprint density at radius 1 is 1.07 bits per heavy atom. The summed E-state index contributed by atoms with van der Waals surface area (Å²) in [5.41, 5.74) is 0. The summed E-state index contributed by atoms with van der Waals surface area (Å²) >= 11 is 0. The maximum absolute atomic E-state index is 5.48. The van der Waals surface area contributed by atoms with E-state index >= 15 is 0 Å². The van der Waals surface area contributed by atoms with Gasteiger partial charge < -0.3 is 9.47 Å². The van der Waals surface area contributed by atoms with Gasteiger partial charge in [0.25, 0.3) is 0 Å². The van der Waals surface area contributed by atoms with Gasteiger partial charge in [0.2, 0.25) is 0 Å². The van der Waals surface area contributed by atoms with Crippen molar-refractivity contribution in [3.63, 3.8) is 0 Å². The van der Waals surface area contributed by atoms with Gasteiger partial charge in [-0.2, -0.15) is 0 Å². The van der Waals surface area contributed by atoms with Crippen LogP contribution in [-0.4, -0.2) is 13.2 Å². The van der Waals surface area contributed by atoms with Gasteiger partial charge >= 0.3 is 0 Å². The summed E-state index contributed by atoms with van der Waals surface area (Å²) in [7, 11) is 0. The minimum atomic E-state index is 0.696. The molecule has 77 valence electrons. The van der Waals surface area contributed by atoms with Crippen LogP contribution in [0.5, 0.6) is 11.5 Å². The van der Waals surface area contributed by atoms with E-state index in [1.54, 1.807) is 0 Å². The number of hydrogen-bond donors (Lipinski definition) is 0. The maximum Gasteiger partial charge on any atom is 0.119 e. The summed E-state index contributed by atoms with van der Waals surface area (Å²) < 4.78 is 10.8. The first-order chi connectivity index (χ1) is 6.86. The van der Waals surface area contributed by atoms with Gasteiger partial charge in [-0.15, -0.1) is 0 Å². The Hall–Kier alpha value is -1.18. The Balaban J connectivity index is 2.38. The highest BCUT2D eigenvalue weighted by molar-refractivity contribution is 5.31. The lowest BCUT2D eigenvalue weighted by Gasteiger charge is -2.06. The van der Waals surface area contributed by atoms with E-state index in [9.17, 15) is 0 Å². The van der Waals surface area contributed by atoms with Crippen molar-refractivity contribution in [3.05, 3.63) is 31.2 Å². The lowest BCUT2D eigenvalue weighted by Crippen LogP contribution is -1.96. The second-order valence-electron chi connectivity index (χ2n) is 2.96. The van der Waals surface area contributed by atoms with Gasteiger partial charge in [-0.05, 0) is 37.6 Å². The predicted molar refractivity (Wildman–Crippen MR) is 57.7 cm³/mol. The van der Waals surface area contributed by atoms with Crippen molar-refractivity contribution in [2.24, 2.45) is 0 Å². The normalized spacial score (nSPS) is 9.86. The van der Waals surface area contributed by atoms with Crippen LogP contribution in [0.1, 0.15) is 19.8 Å². The van der Waals surface area contributed by atoms with Crippen LogP contribution >= 0.6 is 0 Å². The molecule has 2 nitrogen and oxygen atoms in total. The molecular weight excluding hydrogens is 176 g/mol. The number of hydrogen-bond acceptors (Lipinski definition) is 2. The van der Waals surface area contributed by atoms with Crippen LogP contribution in [0, 0.1) is 6.92 Å². The molecule has 0 aliphatic heterocycles. The SMILES string of the molecule is [CH2]CCCOc1ccc(OCC)cc1. The van der Waals surface area contributed by atoms with Crippen molar-refractivity contribution < 1.29 is 9.47 Å². The van der Waals surface area contributed by atoms with Gasteiger partial charge in [-0.3, -0.25) is 0 Å². The standard InChI is InChI=1S/C12H17O2/c1-3-5-10-14-12-8-6-11(7-9-12)13-4-2/h6-9H,1,3-5,10H2,2H3. The van der Waals surface area contributed by atoms with Crippen molar-refractivity contribution in [1.82, 2.24) is 0 Å². The van der Waals surface area contributed by atoms with Crippen molar-refractivity contribution >= 4 is 0 Å². The summed E-state index contributed by atoms with van der Waals surface area (Å²) in [6.07, 6.45) is 1.91. The zero-order valence-corrected chi connectivity index (χ0v) is 8.66. The Kier molecular flexibility index (Phi) is 4.90. The van der Waals surface area contributed by atoms with Crippen molar-refractivity contribution in [2.75, 3.05) is 13.2 Å². The molecule has 1 aromatic rings. The molecule has 0 unspecified atom stereocenters. The molecule has 0 amide bonds. The van der Waals surface area contributed by atoms with Crippen molar-refractivity contribution in [1.29, 1.82) is 0 Å². The summed E-state index contributed by atoms with van der Waals surface area (Å²) in [5, 5.41) is 0. The van der Waals surface area contributed by atoms with E-state index in [0.29, 0.717) is 6.61 Å². The van der Waals surface area contributed by atoms with E-state index in [2.05, 4.69) is 6.92 Å². The molecule has 0 saturated heterocycles. The smallest absolute Gasteiger partial charge is 0.119 e. The molecule has 2 heteroatoms. The molecule has 1 aromatic carbocycles. The van der Waals surface area contributed by atoms with Gasteiger partial charge in [0, 0.05) is 0 Å². The van der Waals surface area contributed by atoms with Crippen LogP contribution in [0.2, 0.25) is 0 Å². The number of unbranched alkanes of at least 4 members (excludes halogenated alkanes) is 1. The minimum absolute atomic E-state index is 0.696. The first-order valence-corrected chi connectivity index (χ1v) is 5.01. The molecular formula is C12H17O2. The summed E-state index contributed by atoms with van der Waals surface area (Å²) in [5.74, 6) is 1.78. The molecule has 0 bridgehead atoms. The molecule has 1 radical (unpaired) electrons. The largest absolute Gasteiger partial charge is 0.494 e. The highest BCUT2D eigenvalue weighted by Crippen LogP contribution is 2.17. The van der Waals surface area contributed by atoms with E-state index < -0.39 is 0 Å². The lowest BCUT2D eigenvalue weighted by atomic mass is 10.3. The molecule has 0 aliphatic rings. The van der Waals surface area contributed by atoms with Crippen molar-refractivity contribution in [3.8, 4) is 11.5 Å². The minimum Gasteiger partial charge on any atom is -0.494 e. The predicted octanol–water partition coefficient (Wildman–Crippen LogP) is 3.08. The van der Waals surface area contributed by atoms with Gasteiger partial charge in [0.1, 0.15) is 11.5 Å². The zero-order chi connectivity index (χ0) is 10.2. The number of benzene rings is 1. The van der Waals surface area contributed by atoms with Crippen LogP contribution in [0.4, 0.5) is 0 Å². The van der Waals surface area contributed by atoms with Crippen molar-refractivity contribution in [2.45, 2.75) is 19.8 Å². The summed E-state index contributed by atoms with van der Waals surface area (Å²) in [6, 6.07) is 7.69. The Bertz CT molecular complexity index is 241. The van der Waals surface area contributed by atoms with Gasteiger partial charge in [0.15, 0.2) is 0 Å². The summed E-state index contributed by atoms with van der Waals surface area (Å²) in [4.78, 5) is 0. The van der Waals surface area contributed by atoms with E-state index in [-0.39, 0.29) is 0 Å². The van der Waals surface area contributed by atoms with E-state index in [1.807, 2.05) is 31.2 Å². The number of rotatable bonds is 6. The quantitative estimate of drug-likeness (QED) is 0.646. The average molecular weight is 193 g/mol. The molecule has 0 saturated carbocycles. The van der Waals surface area contributed by atoms with E-state index in [0.717, 1.165) is 30.9 Å². The molecule has 14 heavy (non-hydrogen) atoms. The van der Waals surface area contributed by atoms with Crippen LogP contribution < -0.4 is 9.47 Å². The highest BCUT2D eigenvalue weighted by Gasteiger charge is 1.94. The van der Waals surface area contributed by atoms with Gasteiger partial charge in [0.05, 0.1) is 13.2 Å². The Morgan fingerprint density at radius 2 is 1.64 bits per heavy atom. The third kappa shape index (κ3) is 3.69. The molecule has 0 N–H and O–H groups in total. The third-order valence-corrected chi connectivity index (χ3v) is 1.80. The fourth-order valence-corrected chi connectivity index (χ4v) is 1.09. The molecule has 0 spiro atoms. The Morgan fingerprint density at radius 3 is 2.14 bits per heavy atom. The molecule has 0 atom stereocenters. The summed E-state index contributed by atoms with van der Waals surface area (Å²) in [6.45, 7) is 7.16. The molecule has 0 aliphatic carbocycles. The molecule has 0 aromatic heterocycles. The second-order valence-corrected chi connectivity index (χ2v) is 2.96. The lowest BCUT2D eigenvalue weighted by molar-refractivity contribution is 0.309. The van der Waals surface area contributed by atoms with Gasteiger partial charge in [-0.25, -0.2) is 0 Å². The Labute approximate surface area is 85.8 Å². The molecule has 0 fully saturated rings. The first-order valence-electron chi connectivity index (χ1n) is 5.01. The zero-order valence-electron chi connectivity index (χ0n) is 8.66. The van der Waals surface area contributed by atoms with Gasteiger partial charge in [-0.1, -0.05) is 13.3 Å². The number of ether oxygens (including phenoxy) is 2. The third-order valence-electron chi connectivity index (χ3n) is 1.80. The van der Waals surface area contributed by atoms with E-state index in [1.165, 1.54) is 0 Å². The topological polar surface area (TPSA) is 18.5 Å².